The zero-order valence-electron chi connectivity index (χ0n) is 51.1. The van der Waals surface area contributed by atoms with Crippen molar-refractivity contribution in [1.29, 1.82) is 0 Å². The smallest absolute Gasteiger partial charge is 0.312 e. The molecule has 1 aliphatic heterocycles. The van der Waals surface area contributed by atoms with E-state index in [4.69, 9.17) is 22.9 Å². The Kier molecular flexibility index (Phi) is 28.3. The van der Waals surface area contributed by atoms with Gasteiger partial charge in [-0.05, 0) is 67.0 Å². The lowest BCUT2D eigenvalue weighted by Gasteiger charge is -2.28. The van der Waals surface area contributed by atoms with Crippen molar-refractivity contribution < 1.29 is 67.7 Å². The number of carboxylic acid groups (broad SMARTS) is 1. The van der Waals surface area contributed by atoms with Gasteiger partial charge in [0.2, 0.25) is 59.1 Å². The zero-order valence-corrected chi connectivity index (χ0v) is 52.8. The van der Waals surface area contributed by atoms with Crippen LogP contribution in [-0.4, -0.2) is 181 Å². The van der Waals surface area contributed by atoms with Crippen LogP contribution in [0.5, 0.6) is 5.75 Å². The van der Waals surface area contributed by atoms with E-state index in [1.165, 1.54) is 36.8 Å². The number of amides is 12. The van der Waals surface area contributed by atoms with Gasteiger partial charge in [0.15, 0.2) is 5.96 Å². The van der Waals surface area contributed by atoms with Gasteiger partial charge >= 0.3 is 12.0 Å². The molecule has 1 fully saturated rings. The Labute approximate surface area is 546 Å². The third kappa shape index (κ3) is 24.0. The largest absolute Gasteiger partial charge is 0.508 e. The van der Waals surface area contributed by atoms with Crippen LogP contribution in [0.25, 0.3) is 10.9 Å². The predicted octanol–water partition coefficient (Wildman–Crippen LogP) is -2.50. The molecule has 0 saturated carbocycles. The number of nitrogens with one attached hydrogen (secondary N) is 12. The van der Waals surface area contributed by atoms with Crippen molar-refractivity contribution in [2.24, 2.45) is 27.9 Å². The summed E-state index contributed by atoms with van der Waals surface area (Å²) in [6, 6.07) is 6.57. The standard InChI is InChI=1S/C60H78N18O14S2/c1-32(79)70-43(24-34-15-17-37(80)18-16-34)54(87)71-41(14-8-22-67-60(64)92)52(85)78-48-30-94-93-29-47(50(61)83)77-56(89)45(25-35-27-68-39-12-6-5-11-38(35)39)75-51(84)40(13-7-21-66-59(62)63)72-55(88)44(23-33-9-3-2-4-10-33)74-57(90)46(26-36-28-65-31-69-36)76-53(86)42(73-58(48)91)19-20-49(81)82/h2-6,9-12,15-18,27-28,31,40-48,68,80H,7-8,13-14,19-26,29-30H2,1H3,(H2,61,83)(H,65,69)(H,70,79)(H,71,87)(H,72,88)(H,73,91)(H,74,90)(H,75,84)(H,76,86)(H,77,89)(H,78,85)(H,81,82)(H4,62,63,66)(H3,64,67,92)/t40-,41-,42+,43-,44-,45+,46-,47+,48+/m0/s1. The molecule has 504 valence electrons. The number of H-pyrrole nitrogens is 2. The molecule has 6 rings (SSSR count). The first kappa shape index (κ1) is 72.7. The maximum Gasteiger partial charge on any atom is 0.312 e. The molecule has 3 aromatic carbocycles. The summed E-state index contributed by atoms with van der Waals surface area (Å²) in [6.07, 6.45) is 1.88. The number of para-hydroxylation sites is 1. The molecule has 5 aromatic rings. The number of guanidine groups is 1. The lowest BCUT2D eigenvalue weighted by molar-refractivity contribution is -0.138. The molecule has 9 atom stereocenters. The maximum atomic E-state index is 14.9. The Morgan fingerprint density at radius 3 is 1.89 bits per heavy atom. The number of nitrogens with zero attached hydrogens (tertiary/aromatic N) is 2. The molecule has 12 amide bonds. The Hall–Kier alpha value is -10.4. The average Bonchev–Trinajstić information content (AvgIpc) is 1.65. The quantitative estimate of drug-likeness (QED) is 0.0124. The zero-order chi connectivity index (χ0) is 68.3. The van der Waals surface area contributed by atoms with Gasteiger partial charge in [-0.1, -0.05) is 82.3 Å². The van der Waals surface area contributed by atoms with E-state index in [-0.39, 0.29) is 81.9 Å². The van der Waals surface area contributed by atoms with Gasteiger partial charge in [-0.15, -0.1) is 0 Å². The van der Waals surface area contributed by atoms with Crippen molar-refractivity contribution in [2.45, 2.75) is 126 Å². The van der Waals surface area contributed by atoms with Crippen LogP contribution >= 0.6 is 21.6 Å². The Morgan fingerprint density at radius 2 is 1.26 bits per heavy atom. The number of nitrogens with two attached hydrogens (primary N) is 4. The third-order valence-corrected chi connectivity index (χ3v) is 17.1. The molecule has 0 radical (unpaired) electrons. The van der Waals surface area contributed by atoms with Crippen LogP contribution in [0.1, 0.15) is 67.8 Å². The summed E-state index contributed by atoms with van der Waals surface area (Å²) >= 11 is 0. The molecule has 0 bridgehead atoms. The molecule has 0 spiro atoms. The highest BCUT2D eigenvalue weighted by Gasteiger charge is 2.37. The number of aromatic amines is 2. The molecule has 3 heterocycles. The van der Waals surface area contributed by atoms with Crippen molar-refractivity contribution in [3.8, 4) is 5.75 Å². The number of hydrogen-bond donors (Lipinski definition) is 18. The summed E-state index contributed by atoms with van der Waals surface area (Å²) in [4.78, 5) is 181. The Bertz CT molecular complexity index is 3480. The summed E-state index contributed by atoms with van der Waals surface area (Å²) in [5.74, 6) is -11.9. The van der Waals surface area contributed by atoms with Gasteiger partial charge in [0.25, 0.3) is 0 Å². The van der Waals surface area contributed by atoms with E-state index in [9.17, 15) is 67.7 Å². The van der Waals surface area contributed by atoms with Crippen LogP contribution in [0, 0.1) is 0 Å². The minimum absolute atomic E-state index is 0.000932. The average molecular weight is 1340 g/mol. The second-order valence-corrected chi connectivity index (χ2v) is 24.5. The number of phenols is 1. The molecule has 22 N–H and O–H groups in total. The Balaban J connectivity index is 1.42. The topological polar surface area (TPSA) is 527 Å². The molecule has 34 heteroatoms. The fourth-order valence-electron chi connectivity index (χ4n) is 9.82. The highest BCUT2D eigenvalue weighted by molar-refractivity contribution is 8.76. The number of aliphatic carboxylic acids is 1. The fraction of sp³-hybridized carbons (Fsp3) is 0.400. The number of fused-ring (bicyclic) bond motifs is 1. The first-order chi connectivity index (χ1) is 44.9. The number of urea groups is 1. The van der Waals surface area contributed by atoms with Crippen LogP contribution in [-0.2, 0) is 78.4 Å². The number of rotatable bonds is 25. The van der Waals surface area contributed by atoms with Crippen molar-refractivity contribution >= 4 is 110 Å². The van der Waals surface area contributed by atoms with E-state index in [0.29, 0.717) is 33.3 Å². The van der Waals surface area contributed by atoms with Crippen molar-refractivity contribution in [3.05, 3.63) is 120 Å². The van der Waals surface area contributed by atoms with Gasteiger partial charge in [0.05, 0.1) is 6.33 Å². The highest BCUT2D eigenvalue weighted by Crippen LogP contribution is 2.25. The first-order valence-electron chi connectivity index (χ1n) is 29.8. The minimum atomic E-state index is -1.78. The molecular formula is C60H78N18O14S2. The van der Waals surface area contributed by atoms with Crippen LogP contribution < -0.4 is 76.1 Å². The van der Waals surface area contributed by atoms with Gasteiger partial charge in [-0.3, -0.25) is 57.7 Å². The van der Waals surface area contributed by atoms with Crippen molar-refractivity contribution in [3.63, 3.8) is 0 Å². The molecule has 1 saturated heterocycles. The summed E-state index contributed by atoms with van der Waals surface area (Å²) < 4.78 is 0. The molecule has 1 aliphatic rings. The van der Waals surface area contributed by atoms with Gasteiger partial charge in [-0.2, -0.15) is 0 Å². The number of aromatic hydroxyl groups is 1. The number of aromatic nitrogens is 3. The lowest BCUT2D eigenvalue weighted by Crippen LogP contribution is -2.61. The predicted molar refractivity (Wildman–Crippen MR) is 347 cm³/mol. The monoisotopic (exact) mass is 1340 g/mol. The first-order valence-corrected chi connectivity index (χ1v) is 32.3. The number of imidazole rings is 1. The number of aliphatic imine (C=N–C) groups is 1. The van der Waals surface area contributed by atoms with Gasteiger partial charge < -0.3 is 96.3 Å². The fourth-order valence-corrected chi connectivity index (χ4v) is 12.2. The normalized spacial score (nSPS) is 20.2. The number of carbonyl (C=O) groups excluding carboxylic acids is 11. The van der Waals surface area contributed by atoms with Crippen molar-refractivity contribution in [1.82, 2.24) is 68.1 Å². The molecule has 0 unspecified atom stereocenters. The molecule has 32 nitrogen and oxygen atoms in total. The van der Waals surface area contributed by atoms with E-state index in [1.807, 2.05) is 0 Å². The lowest BCUT2D eigenvalue weighted by atomic mass is 10.0. The third-order valence-electron chi connectivity index (χ3n) is 14.6. The van der Waals surface area contributed by atoms with Crippen LogP contribution in [0.2, 0.25) is 0 Å². The van der Waals surface area contributed by atoms with Crippen LogP contribution in [0.4, 0.5) is 4.79 Å². The summed E-state index contributed by atoms with van der Waals surface area (Å²) in [6.45, 7) is 1.07. The second-order valence-electron chi connectivity index (χ2n) is 21.9. The summed E-state index contributed by atoms with van der Waals surface area (Å²) in [7, 11) is 1.75. The molecular weight excluding hydrogens is 1260 g/mol. The van der Waals surface area contributed by atoms with E-state index in [1.54, 1.807) is 60.8 Å². The van der Waals surface area contributed by atoms with Crippen LogP contribution in [0.3, 0.4) is 0 Å². The molecule has 94 heavy (non-hydrogen) atoms. The summed E-state index contributed by atoms with van der Waals surface area (Å²) in [5.41, 5.74) is 25.0. The number of hydrogen-bond acceptors (Lipinski definition) is 17. The van der Waals surface area contributed by atoms with E-state index in [0.717, 1.165) is 28.5 Å². The number of benzene rings is 3. The van der Waals surface area contributed by atoms with E-state index < -0.39 is 144 Å². The maximum absolute atomic E-state index is 14.9. The van der Waals surface area contributed by atoms with Gasteiger partial charge in [-0.25, -0.2) is 9.78 Å². The number of phenolic OH excluding ortho intramolecular Hbond substituents is 1. The highest BCUT2D eigenvalue weighted by atomic mass is 33.1. The van der Waals surface area contributed by atoms with E-state index in [2.05, 4.69) is 73.1 Å². The van der Waals surface area contributed by atoms with E-state index >= 15 is 0 Å². The number of carbonyl (C=O) groups is 12. The van der Waals surface area contributed by atoms with Crippen LogP contribution in [0.15, 0.2) is 103 Å². The number of primary amides is 2. The van der Waals surface area contributed by atoms with Gasteiger partial charge in [0, 0.05) is 92.6 Å². The second kappa shape index (κ2) is 36.6. The SMILES string of the molecule is CC(=O)N[C@@H](Cc1ccc(O)cc1)C(=O)N[C@@H](CCCNC(N)=O)C(=O)N[C@@H]1CSSC[C@H](C(N)=O)NC(=O)[C@@H](Cc2c[nH]c3ccccc23)NC(=O)[C@H](CCCN=C(N)N)NC(=O)[C@H](Cc2ccccc2)NC(=O)[C@H](Cc2cnc[nH]2)NC(=O)[C@@H](CCC(=O)O)NC1=O. The molecule has 0 aliphatic carbocycles. The Morgan fingerprint density at radius 1 is 0.649 bits per heavy atom. The minimum Gasteiger partial charge on any atom is -0.508 e. The van der Waals surface area contributed by atoms with Crippen molar-refractivity contribution in [2.75, 3.05) is 24.6 Å². The number of carboxylic acids is 1. The van der Waals surface area contributed by atoms with Gasteiger partial charge in [0.1, 0.15) is 60.1 Å². The summed E-state index contributed by atoms with van der Waals surface area (Å²) in [5, 5.41) is 46.5. The molecule has 2 aromatic heterocycles.